The average molecular weight is 823 g/mol. The summed E-state index contributed by atoms with van der Waals surface area (Å²) in [5.41, 5.74) is 4.59. The first-order chi connectivity index (χ1) is 24.1. The van der Waals surface area contributed by atoms with E-state index in [1.54, 1.807) is 0 Å². The number of benzene rings is 2. The van der Waals surface area contributed by atoms with Crippen LogP contribution >= 0.6 is 31.9 Å². The number of amides is 2. The number of hydrogen-bond acceptors (Lipinski definition) is 6. The molecule has 1 aliphatic carbocycles. The van der Waals surface area contributed by atoms with Crippen LogP contribution in [0.4, 0.5) is 9.59 Å². The summed E-state index contributed by atoms with van der Waals surface area (Å²) < 4.78 is 13.1. The van der Waals surface area contributed by atoms with Gasteiger partial charge < -0.3 is 19.4 Å². The highest BCUT2D eigenvalue weighted by atomic mass is 79.9. The molecule has 0 spiro atoms. The van der Waals surface area contributed by atoms with E-state index in [0.29, 0.717) is 5.92 Å². The van der Waals surface area contributed by atoms with Crippen LogP contribution in [-0.4, -0.2) is 65.2 Å². The van der Waals surface area contributed by atoms with Crippen LogP contribution in [0.15, 0.2) is 57.7 Å². The number of aromatic nitrogens is 4. The van der Waals surface area contributed by atoms with Crippen molar-refractivity contribution in [3.8, 4) is 33.6 Å². The zero-order valence-corrected chi connectivity index (χ0v) is 33.4. The molecule has 0 unspecified atom stereocenters. The van der Waals surface area contributed by atoms with Gasteiger partial charge in [-0.25, -0.2) is 19.6 Å². The maximum absolute atomic E-state index is 13.3. The first-order valence-corrected chi connectivity index (χ1v) is 19.4. The van der Waals surface area contributed by atoms with Gasteiger partial charge in [-0.15, -0.1) is 0 Å². The highest BCUT2D eigenvalue weighted by molar-refractivity contribution is 9.10. The number of nitrogens with one attached hydrogen (secondary N) is 2. The number of likely N-dealkylation sites (tertiary alicyclic amines) is 2. The van der Waals surface area contributed by atoms with E-state index < -0.39 is 11.2 Å². The molecule has 0 radical (unpaired) electrons. The standard InChI is InChI=1S/C39H46Br2N6O4/c1-21-8-18-28(46(21)36(48)50-38(2,3)4)34-42-30(32(40)44-34)24-13-9-22(10-14-24)23-11-15-25(16-12-23)31-33(41)45-35(43-31)29-20-26-17-19-27(26)47(29)37(49)51-39(5,6)7/h9-16,21,26-29H,8,17-20H2,1-7H3,(H,42,44)(H,43,45)/t21-,26-,27-,28+,29+/m1/s1. The lowest BCUT2D eigenvalue weighted by atomic mass is 9.80. The molecule has 2 N–H and O–H groups in total. The van der Waals surface area contributed by atoms with E-state index in [-0.39, 0.29) is 36.4 Å². The normalized spacial score (nSPS) is 23.3. The molecule has 51 heavy (non-hydrogen) atoms. The number of H-pyrrole nitrogens is 2. The topological polar surface area (TPSA) is 116 Å². The number of carbonyl (C=O) groups excluding carboxylic acids is 2. The highest BCUT2D eigenvalue weighted by Gasteiger charge is 2.51. The molecule has 7 rings (SSSR count). The van der Waals surface area contributed by atoms with Crippen molar-refractivity contribution in [3.63, 3.8) is 0 Å². The molecule has 2 aromatic carbocycles. The summed E-state index contributed by atoms with van der Waals surface area (Å²) >= 11 is 7.39. The number of fused-ring (bicyclic) bond motifs is 1. The summed E-state index contributed by atoms with van der Waals surface area (Å²) in [5, 5.41) is 0. The van der Waals surface area contributed by atoms with Gasteiger partial charge in [0.1, 0.15) is 43.4 Å². The van der Waals surface area contributed by atoms with Crippen molar-refractivity contribution in [1.82, 2.24) is 29.7 Å². The summed E-state index contributed by atoms with van der Waals surface area (Å²) in [4.78, 5) is 46.9. The molecule has 12 heteroatoms. The van der Waals surface area contributed by atoms with Gasteiger partial charge in [0.25, 0.3) is 0 Å². The minimum Gasteiger partial charge on any atom is -0.444 e. The second-order valence-electron chi connectivity index (χ2n) is 16.1. The van der Waals surface area contributed by atoms with E-state index in [1.165, 1.54) is 0 Å². The number of rotatable bonds is 5. The van der Waals surface area contributed by atoms with Crippen molar-refractivity contribution in [2.75, 3.05) is 0 Å². The van der Waals surface area contributed by atoms with Gasteiger partial charge in [0.05, 0.1) is 12.1 Å². The molecule has 5 atom stereocenters. The Morgan fingerprint density at radius 1 is 0.667 bits per heavy atom. The van der Waals surface area contributed by atoms with Crippen molar-refractivity contribution < 1.29 is 19.1 Å². The van der Waals surface area contributed by atoms with E-state index in [9.17, 15) is 9.59 Å². The average Bonchev–Trinajstić information content (AvgIpc) is 3.79. The molecule has 270 valence electrons. The van der Waals surface area contributed by atoms with Gasteiger partial charge in [-0.05, 0) is 129 Å². The third kappa shape index (κ3) is 7.23. The molecule has 0 bridgehead atoms. The Morgan fingerprint density at radius 2 is 1.12 bits per heavy atom. The quantitative estimate of drug-likeness (QED) is 0.207. The molecule has 4 heterocycles. The van der Waals surface area contributed by atoms with Crippen LogP contribution < -0.4 is 0 Å². The molecule has 10 nitrogen and oxygen atoms in total. The monoisotopic (exact) mass is 820 g/mol. The minimum atomic E-state index is -0.567. The number of aromatic amines is 2. The van der Waals surface area contributed by atoms with Gasteiger partial charge in [-0.1, -0.05) is 48.5 Å². The number of halogens is 2. The highest BCUT2D eigenvalue weighted by Crippen LogP contribution is 2.50. The van der Waals surface area contributed by atoms with E-state index in [4.69, 9.17) is 19.4 Å². The number of nitrogens with zero attached hydrogens (tertiary/aromatic N) is 4. The number of hydrogen-bond donors (Lipinski definition) is 2. The number of ether oxygens (including phenoxy) is 2. The maximum Gasteiger partial charge on any atom is 0.411 e. The van der Waals surface area contributed by atoms with Gasteiger partial charge in [-0.3, -0.25) is 9.80 Å². The van der Waals surface area contributed by atoms with Crippen molar-refractivity contribution in [1.29, 1.82) is 0 Å². The summed E-state index contributed by atoms with van der Waals surface area (Å²) in [6.07, 6.45) is 4.15. The molecular weight excluding hydrogens is 776 g/mol. The zero-order chi connectivity index (χ0) is 36.4. The summed E-state index contributed by atoms with van der Waals surface area (Å²) in [7, 11) is 0. The second-order valence-corrected chi connectivity index (χ2v) is 17.7. The van der Waals surface area contributed by atoms with Crippen LogP contribution in [0.2, 0.25) is 0 Å². The van der Waals surface area contributed by atoms with E-state index in [1.807, 2.05) is 51.3 Å². The Balaban J connectivity index is 1.06. The lowest BCUT2D eigenvalue weighted by Gasteiger charge is -2.37. The predicted molar refractivity (Wildman–Crippen MR) is 204 cm³/mol. The Hall–Kier alpha value is -3.64. The van der Waals surface area contributed by atoms with Gasteiger partial charge in [-0.2, -0.15) is 0 Å². The Kier molecular flexibility index (Phi) is 9.40. The Morgan fingerprint density at radius 3 is 1.57 bits per heavy atom. The van der Waals surface area contributed by atoms with E-state index in [2.05, 4.69) is 97.3 Å². The molecule has 2 aliphatic heterocycles. The molecule has 2 aromatic heterocycles. The van der Waals surface area contributed by atoms with Gasteiger partial charge >= 0.3 is 12.2 Å². The van der Waals surface area contributed by atoms with Crippen molar-refractivity contribution >= 4 is 44.0 Å². The maximum atomic E-state index is 13.3. The van der Waals surface area contributed by atoms with Gasteiger partial charge in [0, 0.05) is 23.2 Å². The van der Waals surface area contributed by atoms with Crippen LogP contribution in [-0.2, 0) is 9.47 Å². The summed E-state index contributed by atoms with van der Waals surface area (Å²) in [6, 6.07) is 16.6. The molecule has 3 fully saturated rings. The fraction of sp³-hybridized carbons (Fsp3) is 0.487. The second kappa shape index (κ2) is 13.4. The first-order valence-electron chi connectivity index (χ1n) is 17.8. The van der Waals surface area contributed by atoms with E-state index >= 15 is 0 Å². The molecule has 2 amide bonds. The molecule has 3 aliphatic rings. The van der Waals surface area contributed by atoms with Crippen LogP contribution in [0, 0.1) is 5.92 Å². The number of imidazole rings is 2. The Labute approximate surface area is 316 Å². The van der Waals surface area contributed by atoms with Crippen molar-refractivity contribution in [2.24, 2.45) is 5.92 Å². The minimum absolute atomic E-state index is 0.0657. The van der Waals surface area contributed by atoms with Crippen molar-refractivity contribution in [3.05, 3.63) is 69.4 Å². The lowest BCUT2D eigenvalue weighted by Crippen LogP contribution is -2.46. The van der Waals surface area contributed by atoms with E-state index in [0.717, 1.165) is 86.6 Å². The van der Waals surface area contributed by atoms with Crippen LogP contribution in [0.1, 0.15) is 104 Å². The number of carbonyl (C=O) groups is 2. The predicted octanol–water partition coefficient (Wildman–Crippen LogP) is 10.6. The Bertz CT molecular complexity index is 1920. The van der Waals surface area contributed by atoms with Crippen LogP contribution in [0.3, 0.4) is 0 Å². The van der Waals surface area contributed by atoms with Crippen molar-refractivity contribution in [2.45, 2.75) is 116 Å². The van der Waals surface area contributed by atoms with Crippen LogP contribution in [0.5, 0.6) is 0 Å². The summed E-state index contributed by atoms with van der Waals surface area (Å²) in [6.45, 7) is 13.4. The fourth-order valence-electron chi connectivity index (χ4n) is 7.60. The molecule has 1 saturated carbocycles. The third-order valence-corrected chi connectivity index (χ3v) is 11.3. The van der Waals surface area contributed by atoms with Gasteiger partial charge in [0.2, 0.25) is 0 Å². The molecule has 2 saturated heterocycles. The largest absolute Gasteiger partial charge is 0.444 e. The first kappa shape index (κ1) is 35.7. The molecule has 4 aromatic rings. The SMILES string of the molecule is C[C@@H]1CC[C@@H](c2nc(-c3ccc(-c4ccc(-c5nc([C@@H]6C[C@H]7CC[C@H]7N6C(=O)OC(C)(C)C)[nH]c5Br)cc4)cc3)c(Br)[nH]2)N1C(=O)OC(C)(C)C. The van der Waals surface area contributed by atoms with Gasteiger partial charge in [0.15, 0.2) is 0 Å². The smallest absolute Gasteiger partial charge is 0.411 e. The van der Waals surface area contributed by atoms with Crippen LogP contribution in [0.25, 0.3) is 33.6 Å². The third-order valence-electron chi connectivity index (χ3n) is 10.1. The zero-order valence-electron chi connectivity index (χ0n) is 30.2. The summed E-state index contributed by atoms with van der Waals surface area (Å²) in [5.74, 6) is 2.02. The lowest BCUT2D eigenvalue weighted by molar-refractivity contribution is 0.00469. The fourth-order valence-corrected chi connectivity index (χ4v) is 8.64. The molecular formula is C39H46Br2N6O4.